The molecule has 2 aromatic rings. The first kappa shape index (κ1) is 20.7. The van der Waals surface area contributed by atoms with E-state index in [-0.39, 0.29) is 11.4 Å². The number of carbonyl (C=O) groups excluding carboxylic acids is 1. The number of amides is 1. The molecule has 0 saturated carbocycles. The van der Waals surface area contributed by atoms with Crippen LogP contribution in [0.15, 0.2) is 47.4 Å². The van der Waals surface area contributed by atoms with Crippen LogP contribution in [-0.2, 0) is 21.4 Å². The van der Waals surface area contributed by atoms with Crippen LogP contribution in [0.2, 0.25) is 0 Å². The van der Waals surface area contributed by atoms with E-state index >= 15 is 0 Å². The molecule has 0 fully saturated rings. The third-order valence-corrected chi connectivity index (χ3v) is 5.85. The summed E-state index contributed by atoms with van der Waals surface area (Å²) in [6.45, 7) is 2.53. The molecule has 1 N–H and O–H groups in total. The highest BCUT2D eigenvalue weighted by atomic mass is 32.2. The molecule has 2 aromatic carbocycles. The number of hydrogen-bond acceptors (Lipinski definition) is 5. The highest BCUT2D eigenvalue weighted by molar-refractivity contribution is 7.89. The van der Waals surface area contributed by atoms with Crippen LogP contribution in [-0.4, -0.2) is 39.9 Å². The van der Waals surface area contributed by atoms with Crippen molar-refractivity contribution in [3.05, 3.63) is 48.0 Å². The number of rotatable bonds is 10. The van der Waals surface area contributed by atoms with Gasteiger partial charge in [0.2, 0.25) is 16.4 Å². The first-order valence-electron chi connectivity index (χ1n) is 8.47. The van der Waals surface area contributed by atoms with Gasteiger partial charge in [0.15, 0.2) is 11.5 Å². The lowest BCUT2D eigenvalue weighted by molar-refractivity contribution is -0.105. The van der Waals surface area contributed by atoms with Crippen molar-refractivity contribution in [2.24, 2.45) is 0 Å². The Hall–Kier alpha value is -2.58. The van der Waals surface area contributed by atoms with Gasteiger partial charge in [0.25, 0.3) is 0 Å². The smallest absolute Gasteiger partial charge is 0.243 e. The average molecular weight is 392 g/mol. The summed E-state index contributed by atoms with van der Waals surface area (Å²) in [7, 11) is -0.750. The van der Waals surface area contributed by atoms with Gasteiger partial charge in [-0.2, -0.15) is 4.31 Å². The molecule has 146 valence electrons. The van der Waals surface area contributed by atoms with E-state index in [1.807, 2.05) is 6.92 Å². The molecule has 2 rings (SSSR count). The summed E-state index contributed by atoms with van der Waals surface area (Å²) in [5.74, 6) is 0.830. The summed E-state index contributed by atoms with van der Waals surface area (Å²) >= 11 is 0. The second-order valence-electron chi connectivity index (χ2n) is 5.81. The number of carbonyl (C=O) groups is 1. The second kappa shape index (κ2) is 9.38. The van der Waals surface area contributed by atoms with Gasteiger partial charge in [-0.3, -0.25) is 4.79 Å². The molecule has 8 heteroatoms. The molecule has 0 saturated heterocycles. The van der Waals surface area contributed by atoms with Crippen LogP contribution in [0.4, 0.5) is 5.69 Å². The number of anilines is 1. The van der Waals surface area contributed by atoms with Crippen molar-refractivity contribution in [1.82, 2.24) is 4.31 Å². The molecule has 0 bridgehead atoms. The summed E-state index contributed by atoms with van der Waals surface area (Å²) in [5.41, 5.74) is 1.47. The Morgan fingerprint density at radius 1 is 1.04 bits per heavy atom. The van der Waals surface area contributed by atoms with Crippen molar-refractivity contribution >= 4 is 22.1 Å². The van der Waals surface area contributed by atoms with Gasteiger partial charge >= 0.3 is 0 Å². The molecule has 0 aliphatic heterocycles. The molecule has 0 radical (unpaired) electrons. The van der Waals surface area contributed by atoms with Gasteiger partial charge in [0.1, 0.15) is 0 Å². The quantitative estimate of drug-likeness (QED) is 0.629. The number of methoxy groups -OCH3 is 2. The summed E-state index contributed by atoms with van der Waals surface area (Å²) < 4.78 is 38.1. The lowest BCUT2D eigenvalue weighted by atomic mass is 10.2. The summed E-state index contributed by atoms with van der Waals surface area (Å²) in [4.78, 5) is 10.6. The van der Waals surface area contributed by atoms with Crippen molar-refractivity contribution in [2.45, 2.75) is 24.8 Å². The lowest BCUT2D eigenvalue weighted by Gasteiger charge is -2.22. The topological polar surface area (TPSA) is 84.9 Å². The number of benzene rings is 2. The maximum Gasteiger partial charge on any atom is 0.243 e. The first-order chi connectivity index (χ1) is 13.0. The largest absolute Gasteiger partial charge is 0.493 e. The van der Waals surface area contributed by atoms with Gasteiger partial charge in [-0.25, -0.2) is 8.42 Å². The molecule has 0 aliphatic carbocycles. The number of hydrogen-bond donors (Lipinski definition) is 1. The Kier molecular flexibility index (Phi) is 7.20. The minimum atomic E-state index is -3.71. The number of nitrogens with one attached hydrogen (secondary N) is 1. The number of ether oxygens (including phenoxy) is 2. The molecule has 0 spiro atoms. The van der Waals surface area contributed by atoms with E-state index in [4.69, 9.17) is 9.47 Å². The third kappa shape index (κ3) is 4.99. The minimum Gasteiger partial charge on any atom is -0.493 e. The van der Waals surface area contributed by atoms with Crippen molar-refractivity contribution < 1.29 is 22.7 Å². The third-order valence-electron chi connectivity index (χ3n) is 4.00. The summed E-state index contributed by atoms with van der Waals surface area (Å²) in [5, 5.41) is 2.55. The molecule has 0 atom stereocenters. The van der Waals surface area contributed by atoms with E-state index in [1.54, 1.807) is 30.3 Å². The Balaban J connectivity index is 2.32. The van der Waals surface area contributed by atoms with Crippen molar-refractivity contribution in [1.29, 1.82) is 0 Å². The number of nitrogens with zero attached hydrogens (tertiary/aromatic N) is 1. The molecular weight excluding hydrogens is 368 g/mol. The normalized spacial score (nSPS) is 11.3. The van der Waals surface area contributed by atoms with E-state index in [0.717, 1.165) is 5.56 Å². The molecular formula is C19H24N2O5S. The predicted octanol–water partition coefficient (Wildman–Crippen LogP) is 2.87. The maximum atomic E-state index is 13.1. The average Bonchev–Trinajstić information content (AvgIpc) is 2.68. The van der Waals surface area contributed by atoms with Crippen LogP contribution in [0.1, 0.15) is 18.9 Å². The predicted molar refractivity (Wildman–Crippen MR) is 104 cm³/mol. The molecule has 0 heterocycles. The maximum absolute atomic E-state index is 13.1. The SMILES string of the molecule is CCCN(Cc1ccc(NC=O)cc1)S(=O)(=O)c1ccc(OC)c(OC)c1. The van der Waals surface area contributed by atoms with Crippen LogP contribution in [0.25, 0.3) is 0 Å². The fourth-order valence-electron chi connectivity index (χ4n) is 2.64. The van der Waals surface area contributed by atoms with Crippen molar-refractivity contribution in [2.75, 3.05) is 26.1 Å². The van der Waals surface area contributed by atoms with Gasteiger partial charge < -0.3 is 14.8 Å². The van der Waals surface area contributed by atoms with E-state index < -0.39 is 10.0 Å². The molecule has 27 heavy (non-hydrogen) atoms. The Bertz CT molecular complexity index is 866. The Morgan fingerprint density at radius 2 is 1.70 bits per heavy atom. The van der Waals surface area contributed by atoms with Gasteiger partial charge in [-0.15, -0.1) is 0 Å². The van der Waals surface area contributed by atoms with Gasteiger partial charge in [-0.1, -0.05) is 19.1 Å². The summed E-state index contributed by atoms with van der Waals surface area (Å²) in [6.07, 6.45) is 1.28. The molecule has 0 aromatic heterocycles. The Labute approximate surface area is 160 Å². The number of sulfonamides is 1. The Morgan fingerprint density at radius 3 is 2.26 bits per heavy atom. The van der Waals surface area contributed by atoms with Crippen LogP contribution in [0, 0.1) is 0 Å². The van der Waals surface area contributed by atoms with E-state index in [0.29, 0.717) is 36.6 Å². The molecule has 0 aliphatic rings. The first-order valence-corrected chi connectivity index (χ1v) is 9.91. The monoisotopic (exact) mass is 392 g/mol. The van der Waals surface area contributed by atoms with E-state index in [9.17, 15) is 13.2 Å². The fraction of sp³-hybridized carbons (Fsp3) is 0.316. The van der Waals surface area contributed by atoms with Gasteiger partial charge in [0, 0.05) is 24.8 Å². The lowest BCUT2D eigenvalue weighted by Crippen LogP contribution is -2.31. The molecule has 0 unspecified atom stereocenters. The zero-order valence-electron chi connectivity index (χ0n) is 15.6. The highest BCUT2D eigenvalue weighted by Gasteiger charge is 2.25. The molecule has 7 nitrogen and oxygen atoms in total. The van der Waals surface area contributed by atoms with Crippen molar-refractivity contribution in [3.63, 3.8) is 0 Å². The van der Waals surface area contributed by atoms with Crippen LogP contribution in [0.5, 0.6) is 11.5 Å². The van der Waals surface area contributed by atoms with E-state index in [1.165, 1.54) is 30.7 Å². The second-order valence-corrected chi connectivity index (χ2v) is 7.75. The van der Waals surface area contributed by atoms with Crippen LogP contribution in [0.3, 0.4) is 0 Å². The zero-order chi connectivity index (χ0) is 19.9. The van der Waals surface area contributed by atoms with Gasteiger partial charge in [-0.05, 0) is 36.2 Å². The van der Waals surface area contributed by atoms with E-state index in [2.05, 4.69) is 5.32 Å². The minimum absolute atomic E-state index is 0.146. The zero-order valence-corrected chi connectivity index (χ0v) is 16.5. The fourth-order valence-corrected chi connectivity index (χ4v) is 4.17. The van der Waals surface area contributed by atoms with Crippen LogP contribution < -0.4 is 14.8 Å². The molecule has 1 amide bonds. The van der Waals surface area contributed by atoms with Crippen LogP contribution >= 0.6 is 0 Å². The standard InChI is InChI=1S/C19H24N2O5S/c1-4-11-21(13-15-5-7-16(8-6-15)20-14-22)27(23,24)17-9-10-18(25-2)19(12-17)26-3/h5-10,12,14H,4,11,13H2,1-3H3,(H,20,22). The van der Waals surface area contributed by atoms with Gasteiger partial charge in [0.05, 0.1) is 19.1 Å². The summed E-state index contributed by atoms with van der Waals surface area (Å²) in [6, 6.07) is 11.6. The van der Waals surface area contributed by atoms with Crippen molar-refractivity contribution in [3.8, 4) is 11.5 Å². The highest BCUT2D eigenvalue weighted by Crippen LogP contribution is 2.31.